The van der Waals surface area contributed by atoms with Crippen molar-refractivity contribution in [2.24, 2.45) is 0 Å². The summed E-state index contributed by atoms with van der Waals surface area (Å²) in [5.41, 5.74) is 3.13. The second kappa shape index (κ2) is 9.99. The SMILES string of the molecule is COc1ccccc1C(=O)NCc1nc2ccccc2n1CC(=O)N(C)Cc1ccccc1. The predicted molar refractivity (Wildman–Crippen MR) is 127 cm³/mol. The average Bonchev–Trinajstić information content (AvgIpc) is 3.20. The van der Waals surface area contributed by atoms with Crippen LogP contribution in [0, 0.1) is 0 Å². The number of aromatic nitrogens is 2. The van der Waals surface area contributed by atoms with E-state index < -0.39 is 0 Å². The molecule has 168 valence electrons. The van der Waals surface area contributed by atoms with Crippen molar-refractivity contribution < 1.29 is 14.3 Å². The molecule has 7 heteroatoms. The van der Waals surface area contributed by atoms with Crippen LogP contribution in [0.2, 0.25) is 0 Å². The number of carbonyl (C=O) groups excluding carboxylic acids is 2. The van der Waals surface area contributed by atoms with E-state index in [9.17, 15) is 9.59 Å². The molecule has 0 unspecified atom stereocenters. The first-order chi connectivity index (χ1) is 16.1. The van der Waals surface area contributed by atoms with E-state index in [-0.39, 0.29) is 24.9 Å². The topological polar surface area (TPSA) is 76.5 Å². The Balaban J connectivity index is 1.53. The molecular weight excluding hydrogens is 416 g/mol. The Hall–Kier alpha value is -4.13. The van der Waals surface area contributed by atoms with Crippen LogP contribution in [0.15, 0.2) is 78.9 Å². The predicted octanol–water partition coefficient (Wildman–Crippen LogP) is 3.63. The van der Waals surface area contributed by atoms with Crippen molar-refractivity contribution in [1.29, 1.82) is 0 Å². The summed E-state index contributed by atoms with van der Waals surface area (Å²) in [6, 6.07) is 24.5. The van der Waals surface area contributed by atoms with Gasteiger partial charge in [-0.25, -0.2) is 4.98 Å². The third-order valence-electron chi connectivity index (χ3n) is 5.47. The van der Waals surface area contributed by atoms with Crippen molar-refractivity contribution in [3.05, 3.63) is 95.8 Å². The molecule has 2 amide bonds. The molecule has 0 bridgehead atoms. The first-order valence-electron chi connectivity index (χ1n) is 10.7. The Morgan fingerprint density at radius 3 is 2.45 bits per heavy atom. The number of hydrogen-bond donors (Lipinski definition) is 1. The zero-order valence-electron chi connectivity index (χ0n) is 18.7. The van der Waals surface area contributed by atoms with Gasteiger partial charge in [0.15, 0.2) is 0 Å². The lowest BCUT2D eigenvalue weighted by molar-refractivity contribution is -0.131. The van der Waals surface area contributed by atoms with E-state index >= 15 is 0 Å². The zero-order chi connectivity index (χ0) is 23.2. The number of rotatable bonds is 8. The summed E-state index contributed by atoms with van der Waals surface area (Å²) in [6.45, 7) is 0.830. The number of nitrogens with one attached hydrogen (secondary N) is 1. The third kappa shape index (κ3) is 5.03. The number of para-hydroxylation sites is 3. The highest BCUT2D eigenvalue weighted by atomic mass is 16.5. The van der Waals surface area contributed by atoms with Crippen molar-refractivity contribution in [2.45, 2.75) is 19.6 Å². The van der Waals surface area contributed by atoms with Gasteiger partial charge in [-0.1, -0.05) is 54.6 Å². The lowest BCUT2D eigenvalue weighted by Gasteiger charge is -2.19. The smallest absolute Gasteiger partial charge is 0.255 e. The highest BCUT2D eigenvalue weighted by Gasteiger charge is 2.18. The number of nitrogens with zero attached hydrogens (tertiary/aromatic N) is 3. The number of imidazole rings is 1. The van der Waals surface area contributed by atoms with Gasteiger partial charge in [-0.15, -0.1) is 0 Å². The van der Waals surface area contributed by atoms with E-state index in [4.69, 9.17) is 4.74 Å². The largest absolute Gasteiger partial charge is 0.496 e. The van der Waals surface area contributed by atoms with Crippen LogP contribution >= 0.6 is 0 Å². The van der Waals surface area contributed by atoms with Gasteiger partial charge in [0, 0.05) is 13.6 Å². The second-order valence-corrected chi connectivity index (χ2v) is 7.72. The molecule has 1 aromatic heterocycles. The highest BCUT2D eigenvalue weighted by Crippen LogP contribution is 2.19. The third-order valence-corrected chi connectivity index (χ3v) is 5.47. The lowest BCUT2D eigenvalue weighted by Crippen LogP contribution is -2.31. The van der Waals surface area contributed by atoms with Crippen molar-refractivity contribution in [3.63, 3.8) is 0 Å². The van der Waals surface area contributed by atoms with Crippen molar-refractivity contribution in [3.8, 4) is 5.75 Å². The lowest BCUT2D eigenvalue weighted by atomic mass is 10.2. The summed E-state index contributed by atoms with van der Waals surface area (Å²) < 4.78 is 7.15. The van der Waals surface area contributed by atoms with Gasteiger partial charge in [-0.05, 0) is 29.8 Å². The number of fused-ring (bicyclic) bond motifs is 1. The molecular formula is C26H26N4O3. The molecule has 1 N–H and O–H groups in total. The first-order valence-corrected chi connectivity index (χ1v) is 10.7. The van der Waals surface area contributed by atoms with Crippen LogP contribution in [0.25, 0.3) is 11.0 Å². The number of likely N-dealkylation sites (N-methyl/N-ethyl adjacent to an activating group) is 1. The Labute approximate surface area is 192 Å². The van der Waals surface area contributed by atoms with Crippen LogP contribution in [-0.2, 0) is 24.4 Å². The summed E-state index contributed by atoms with van der Waals surface area (Å²) in [7, 11) is 3.32. The van der Waals surface area contributed by atoms with Crippen LogP contribution in [0.1, 0.15) is 21.7 Å². The fraction of sp³-hybridized carbons (Fsp3) is 0.192. The molecule has 4 rings (SSSR count). The molecule has 4 aromatic rings. The molecule has 0 atom stereocenters. The van der Waals surface area contributed by atoms with Gasteiger partial charge in [0.2, 0.25) is 5.91 Å². The second-order valence-electron chi connectivity index (χ2n) is 7.72. The van der Waals surface area contributed by atoms with E-state index in [0.29, 0.717) is 23.7 Å². The summed E-state index contributed by atoms with van der Waals surface area (Å²) in [6.07, 6.45) is 0. The number of methoxy groups -OCH3 is 1. The van der Waals surface area contributed by atoms with Gasteiger partial charge in [-0.2, -0.15) is 0 Å². The van der Waals surface area contributed by atoms with Gasteiger partial charge >= 0.3 is 0 Å². The Bertz CT molecular complexity index is 1270. The number of ether oxygens (including phenoxy) is 1. The molecule has 0 radical (unpaired) electrons. The minimum Gasteiger partial charge on any atom is -0.496 e. The molecule has 0 spiro atoms. The molecule has 7 nitrogen and oxygen atoms in total. The molecule has 0 saturated carbocycles. The summed E-state index contributed by atoms with van der Waals surface area (Å²) in [5.74, 6) is 0.806. The number of carbonyl (C=O) groups is 2. The van der Waals surface area contributed by atoms with Crippen LogP contribution in [0.3, 0.4) is 0 Å². The van der Waals surface area contributed by atoms with Crippen LogP contribution in [0.4, 0.5) is 0 Å². The first kappa shape index (κ1) is 22.1. The van der Waals surface area contributed by atoms with Crippen LogP contribution in [0.5, 0.6) is 5.75 Å². The van der Waals surface area contributed by atoms with E-state index in [1.165, 1.54) is 7.11 Å². The molecule has 0 aliphatic rings. The van der Waals surface area contributed by atoms with E-state index in [1.807, 2.05) is 65.2 Å². The normalized spacial score (nSPS) is 10.7. The Kier molecular flexibility index (Phi) is 6.69. The quantitative estimate of drug-likeness (QED) is 0.452. The molecule has 33 heavy (non-hydrogen) atoms. The van der Waals surface area contributed by atoms with E-state index in [1.54, 1.807) is 30.1 Å². The van der Waals surface area contributed by atoms with Gasteiger partial charge in [0.1, 0.15) is 18.1 Å². The Morgan fingerprint density at radius 1 is 0.970 bits per heavy atom. The maximum Gasteiger partial charge on any atom is 0.255 e. The maximum absolute atomic E-state index is 13.0. The van der Waals surface area contributed by atoms with Crippen molar-refractivity contribution >= 4 is 22.8 Å². The van der Waals surface area contributed by atoms with Crippen LogP contribution < -0.4 is 10.1 Å². The number of hydrogen-bond acceptors (Lipinski definition) is 4. The van der Waals surface area contributed by atoms with E-state index in [0.717, 1.165) is 16.6 Å². The minimum absolute atomic E-state index is 0.0423. The summed E-state index contributed by atoms with van der Waals surface area (Å²) in [4.78, 5) is 32.1. The Morgan fingerprint density at radius 2 is 1.67 bits per heavy atom. The standard InChI is InChI=1S/C26H26N4O3/c1-29(17-19-10-4-3-5-11-19)25(31)18-30-22-14-8-7-13-21(22)28-24(30)16-27-26(32)20-12-6-9-15-23(20)33-2/h3-15H,16-18H2,1-2H3,(H,27,32). The maximum atomic E-state index is 13.0. The minimum atomic E-state index is -0.265. The van der Waals surface area contributed by atoms with Gasteiger partial charge in [0.05, 0.1) is 30.3 Å². The van der Waals surface area contributed by atoms with Gasteiger partial charge in [-0.3, -0.25) is 9.59 Å². The zero-order valence-corrected chi connectivity index (χ0v) is 18.7. The molecule has 0 aliphatic heterocycles. The molecule has 0 aliphatic carbocycles. The number of amides is 2. The molecule has 0 saturated heterocycles. The van der Waals surface area contributed by atoms with Gasteiger partial charge < -0.3 is 19.5 Å². The van der Waals surface area contributed by atoms with Gasteiger partial charge in [0.25, 0.3) is 5.91 Å². The average molecular weight is 443 g/mol. The monoisotopic (exact) mass is 442 g/mol. The summed E-state index contributed by atoms with van der Waals surface area (Å²) in [5, 5.41) is 2.91. The molecule has 3 aromatic carbocycles. The highest BCUT2D eigenvalue weighted by molar-refractivity contribution is 5.96. The van der Waals surface area contributed by atoms with E-state index in [2.05, 4.69) is 10.3 Å². The van der Waals surface area contributed by atoms with Crippen molar-refractivity contribution in [1.82, 2.24) is 19.8 Å². The van der Waals surface area contributed by atoms with Crippen LogP contribution in [-0.4, -0.2) is 40.4 Å². The molecule has 1 heterocycles. The summed E-state index contributed by atoms with van der Waals surface area (Å²) >= 11 is 0. The molecule has 0 fully saturated rings. The fourth-order valence-electron chi connectivity index (χ4n) is 3.72. The number of benzene rings is 3. The van der Waals surface area contributed by atoms with Crippen molar-refractivity contribution in [2.75, 3.05) is 14.2 Å². The fourth-order valence-corrected chi connectivity index (χ4v) is 3.72.